The smallest absolute Gasteiger partial charge is 0.263 e. The Morgan fingerprint density at radius 1 is 1.12 bits per heavy atom. The molecule has 0 saturated heterocycles. The summed E-state index contributed by atoms with van der Waals surface area (Å²) in [6.07, 6.45) is 0. The molecule has 3 rings (SSSR count). The van der Waals surface area contributed by atoms with Gasteiger partial charge >= 0.3 is 0 Å². The summed E-state index contributed by atoms with van der Waals surface area (Å²) in [5.74, 6) is 0.574. The maximum absolute atomic E-state index is 12.7. The summed E-state index contributed by atoms with van der Waals surface area (Å²) in [6.45, 7) is 0. The molecule has 25 heavy (non-hydrogen) atoms. The van der Waals surface area contributed by atoms with Crippen LogP contribution in [0.15, 0.2) is 47.8 Å². The van der Waals surface area contributed by atoms with Crippen molar-refractivity contribution in [3.8, 4) is 22.8 Å². The van der Waals surface area contributed by atoms with Crippen molar-refractivity contribution in [1.29, 1.82) is 0 Å². The van der Waals surface area contributed by atoms with Crippen LogP contribution in [-0.4, -0.2) is 25.1 Å². The molecule has 0 saturated carbocycles. The molecule has 1 aromatic heterocycles. The lowest BCUT2D eigenvalue weighted by atomic mass is 10.1. The molecular weight excluding hydrogens is 338 g/mol. The van der Waals surface area contributed by atoms with Gasteiger partial charge in [-0.25, -0.2) is 4.98 Å². The molecule has 0 atom stereocenters. The number of rotatable bonds is 5. The highest BCUT2D eigenvalue weighted by molar-refractivity contribution is 7.13. The van der Waals surface area contributed by atoms with E-state index in [4.69, 9.17) is 15.2 Å². The normalized spacial score (nSPS) is 10.3. The fraction of sp³-hybridized carbons (Fsp3) is 0.111. The van der Waals surface area contributed by atoms with E-state index in [2.05, 4.69) is 10.3 Å². The molecule has 0 aliphatic carbocycles. The van der Waals surface area contributed by atoms with Gasteiger partial charge in [-0.3, -0.25) is 4.79 Å². The maximum Gasteiger partial charge on any atom is 0.263 e. The van der Waals surface area contributed by atoms with E-state index in [1.54, 1.807) is 24.3 Å². The van der Waals surface area contributed by atoms with E-state index in [1.165, 1.54) is 25.6 Å². The van der Waals surface area contributed by atoms with Crippen molar-refractivity contribution in [2.45, 2.75) is 0 Å². The fourth-order valence-corrected chi connectivity index (χ4v) is 3.02. The average molecular weight is 355 g/mol. The Morgan fingerprint density at radius 2 is 1.80 bits per heavy atom. The van der Waals surface area contributed by atoms with Gasteiger partial charge in [0, 0.05) is 16.6 Å². The van der Waals surface area contributed by atoms with Gasteiger partial charge in [0.2, 0.25) is 0 Å². The number of carbonyl (C=O) groups is 1. The topological polar surface area (TPSA) is 86.5 Å². The summed E-state index contributed by atoms with van der Waals surface area (Å²) in [7, 11) is 3.03. The van der Waals surface area contributed by atoms with E-state index >= 15 is 0 Å². The number of hydrogen-bond acceptors (Lipinski definition) is 6. The largest absolute Gasteiger partial charge is 0.496 e. The Labute approximate surface area is 149 Å². The summed E-state index contributed by atoms with van der Waals surface area (Å²) in [6, 6.07) is 12.6. The van der Waals surface area contributed by atoms with Gasteiger partial charge in [0.05, 0.1) is 19.9 Å². The molecule has 0 fully saturated rings. The summed E-state index contributed by atoms with van der Waals surface area (Å²) in [5, 5.41) is 5.25. The number of benzene rings is 2. The van der Waals surface area contributed by atoms with Crippen LogP contribution in [0, 0.1) is 0 Å². The lowest BCUT2D eigenvalue weighted by Crippen LogP contribution is -2.14. The lowest BCUT2D eigenvalue weighted by Gasteiger charge is -2.13. The molecular formula is C18H17N3O3S. The minimum absolute atomic E-state index is 0.316. The van der Waals surface area contributed by atoms with Gasteiger partial charge in [-0.05, 0) is 24.3 Å². The number of methoxy groups -OCH3 is 2. The van der Waals surface area contributed by atoms with E-state index in [1.807, 2.05) is 23.6 Å². The fourth-order valence-electron chi connectivity index (χ4n) is 2.45. The van der Waals surface area contributed by atoms with Gasteiger partial charge in [-0.1, -0.05) is 18.2 Å². The first kappa shape index (κ1) is 16.8. The molecule has 6 nitrogen and oxygen atoms in total. The van der Waals surface area contributed by atoms with Crippen LogP contribution >= 0.6 is 11.3 Å². The number of ether oxygens (including phenoxy) is 2. The predicted molar refractivity (Wildman–Crippen MR) is 99.5 cm³/mol. The number of hydrogen-bond donors (Lipinski definition) is 2. The summed E-state index contributed by atoms with van der Waals surface area (Å²) in [4.78, 5) is 17.0. The second-order valence-corrected chi connectivity index (χ2v) is 6.03. The summed E-state index contributed by atoms with van der Waals surface area (Å²) < 4.78 is 10.6. The third kappa shape index (κ3) is 3.56. The van der Waals surface area contributed by atoms with Crippen LogP contribution in [0.1, 0.15) is 10.4 Å². The highest BCUT2D eigenvalue weighted by Crippen LogP contribution is 2.30. The molecule has 3 N–H and O–H groups in total. The molecule has 0 aliphatic heterocycles. The molecule has 0 unspecified atom stereocenters. The molecule has 7 heteroatoms. The van der Waals surface area contributed by atoms with Gasteiger partial charge in [0.25, 0.3) is 5.91 Å². The minimum atomic E-state index is -0.316. The van der Waals surface area contributed by atoms with Crippen molar-refractivity contribution in [2.24, 2.45) is 0 Å². The van der Waals surface area contributed by atoms with Gasteiger partial charge in [-0.2, -0.15) is 0 Å². The summed E-state index contributed by atoms with van der Waals surface area (Å²) in [5.41, 5.74) is 8.31. The zero-order chi connectivity index (χ0) is 17.8. The van der Waals surface area contributed by atoms with E-state index in [0.29, 0.717) is 27.9 Å². The zero-order valence-electron chi connectivity index (χ0n) is 13.8. The van der Waals surface area contributed by atoms with Crippen molar-refractivity contribution in [3.63, 3.8) is 0 Å². The number of nitrogens with zero attached hydrogens (tertiary/aromatic N) is 1. The van der Waals surface area contributed by atoms with Crippen molar-refractivity contribution in [2.75, 3.05) is 25.3 Å². The van der Waals surface area contributed by atoms with Gasteiger partial charge in [0.1, 0.15) is 17.1 Å². The van der Waals surface area contributed by atoms with E-state index < -0.39 is 0 Å². The molecule has 0 bridgehead atoms. The van der Waals surface area contributed by atoms with Crippen molar-refractivity contribution < 1.29 is 14.3 Å². The van der Waals surface area contributed by atoms with E-state index in [9.17, 15) is 4.79 Å². The second kappa shape index (κ2) is 7.23. The number of carbonyl (C=O) groups excluding carboxylic acids is 1. The molecule has 0 spiro atoms. The third-order valence-electron chi connectivity index (χ3n) is 3.59. The van der Waals surface area contributed by atoms with Crippen molar-refractivity contribution in [3.05, 3.63) is 53.4 Å². The van der Waals surface area contributed by atoms with Crippen LogP contribution < -0.4 is 20.5 Å². The third-order valence-corrected chi connectivity index (χ3v) is 4.27. The van der Waals surface area contributed by atoms with Gasteiger partial charge in [0.15, 0.2) is 5.13 Å². The van der Waals surface area contributed by atoms with E-state index in [-0.39, 0.29) is 5.91 Å². The van der Waals surface area contributed by atoms with Gasteiger partial charge < -0.3 is 20.5 Å². The number of aromatic nitrogens is 1. The Balaban J connectivity index is 1.89. The molecule has 0 radical (unpaired) electrons. The number of nitrogens with one attached hydrogen (secondary N) is 1. The maximum atomic E-state index is 12.7. The van der Waals surface area contributed by atoms with Crippen molar-refractivity contribution in [1.82, 2.24) is 4.98 Å². The van der Waals surface area contributed by atoms with Crippen LogP contribution in [0.5, 0.6) is 11.5 Å². The van der Waals surface area contributed by atoms with Gasteiger partial charge in [-0.15, -0.1) is 11.3 Å². The molecule has 3 aromatic rings. The number of nitrogens with two attached hydrogens (primary N) is 1. The highest BCUT2D eigenvalue weighted by Gasteiger charge is 2.18. The zero-order valence-corrected chi connectivity index (χ0v) is 14.6. The van der Waals surface area contributed by atoms with Crippen molar-refractivity contribution >= 4 is 28.1 Å². The minimum Gasteiger partial charge on any atom is -0.496 e. The molecule has 1 heterocycles. The number of amides is 1. The Kier molecular flexibility index (Phi) is 4.85. The quantitative estimate of drug-likeness (QED) is 0.729. The standard InChI is InChI=1S/C18H17N3O3S/c1-23-14-7-4-8-15(24-2)16(14)17(22)20-12-6-3-5-11(9-12)13-10-25-18(19)21-13/h3-10H,1-2H3,(H2,19,21)(H,20,22). The van der Waals surface area contributed by atoms with Crippen LogP contribution in [0.25, 0.3) is 11.3 Å². The predicted octanol–water partition coefficient (Wildman–Crippen LogP) is 3.66. The molecule has 128 valence electrons. The first-order valence-corrected chi connectivity index (χ1v) is 8.34. The number of thiazole rings is 1. The highest BCUT2D eigenvalue weighted by atomic mass is 32.1. The number of anilines is 2. The monoisotopic (exact) mass is 355 g/mol. The SMILES string of the molecule is COc1cccc(OC)c1C(=O)Nc1cccc(-c2csc(N)n2)c1. The number of nitrogen functional groups attached to an aromatic ring is 1. The van der Waals surface area contributed by atoms with Crippen LogP contribution in [-0.2, 0) is 0 Å². The average Bonchev–Trinajstić information content (AvgIpc) is 3.07. The van der Waals surface area contributed by atoms with E-state index in [0.717, 1.165) is 11.3 Å². The lowest BCUT2D eigenvalue weighted by molar-refractivity contribution is 0.102. The first-order chi connectivity index (χ1) is 12.1. The first-order valence-electron chi connectivity index (χ1n) is 7.46. The van der Waals surface area contributed by atoms with Crippen LogP contribution in [0.2, 0.25) is 0 Å². The van der Waals surface area contributed by atoms with Crippen LogP contribution in [0.3, 0.4) is 0 Å². The Bertz CT molecular complexity index is 886. The Hall–Kier alpha value is -3.06. The molecule has 0 aliphatic rings. The molecule has 1 amide bonds. The summed E-state index contributed by atoms with van der Waals surface area (Å²) >= 11 is 1.37. The van der Waals surface area contributed by atoms with Crippen LogP contribution in [0.4, 0.5) is 10.8 Å². The second-order valence-electron chi connectivity index (χ2n) is 5.14. The molecule has 2 aromatic carbocycles. The Morgan fingerprint density at radius 3 is 2.40 bits per heavy atom.